The van der Waals surface area contributed by atoms with Crippen LogP contribution in [0.1, 0.15) is 13.3 Å². The first-order valence-corrected chi connectivity index (χ1v) is 4.74. The summed E-state index contributed by atoms with van der Waals surface area (Å²) in [7, 11) is 0. The van der Waals surface area contributed by atoms with Gasteiger partial charge in [-0.2, -0.15) is 0 Å². The Morgan fingerprint density at radius 3 is 3.14 bits per heavy atom. The monoisotopic (exact) mass is 191 g/mol. The molecule has 1 atom stereocenters. The lowest BCUT2D eigenvalue weighted by molar-refractivity contribution is 0.673. The van der Waals surface area contributed by atoms with Crippen molar-refractivity contribution in [3.63, 3.8) is 0 Å². The molecule has 1 aliphatic heterocycles. The molecular weight excluding hydrogens is 174 g/mol. The molecule has 3 nitrogen and oxygen atoms in total. The van der Waals surface area contributed by atoms with E-state index in [1.807, 2.05) is 25.3 Å². The molecule has 1 aliphatic rings. The number of nitrogens with two attached hydrogens (primary N) is 1. The fourth-order valence-corrected chi connectivity index (χ4v) is 1.18. The van der Waals surface area contributed by atoms with E-state index >= 15 is 0 Å². The van der Waals surface area contributed by atoms with Gasteiger partial charge in [0.15, 0.2) is 0 Å². The summed E-state index contributed by atoms with van der Waals surface area (Å²) in [6.07, 6.45) is 10.7. The lowest BCUT2D eigenvalue weighted by Crippen LogP contribution is -1.93. The number of rotatable bonds is 5. The van der Waals surface area contributed by atoms with Crippen LogP contribution in [0.5, 0.6) is 0 Å². The van der Waals surface area contributed by atoms with Crippen LogP contribution in [0.4, 0.5) is 0 Å². The van der Waals surface area contributed by atoms with Crippen LogP contribution in [0.2, 0.25) is 0 Å². The molecule has 2 N–H and O–H groups in total. The Morgan fingerprint density at radius 2 is 2.50 bits per heavy atom. The molecule has 0 saturated carbocycles. The first-order chi connectivity index (χ1) is 6.77. The molecule has 1 rings (SSSR count). The summed E-state index contributed by atoms with van der Waals surface area (Å²) < 4.78 is 0. The van der Waals surface area contributed by atoms with E-state index in [4.69, 9.17) is 5.73 Å². The van der Waals surface area contributed by atoms with Gasteiger partial charge >= 0.3 is 0 Å². The quantitative estimate of drug-likeness (QED) is 0.408. The highest BCUT2D eigenvalue weighted by Gasteiger charge is 2.28. The Balaban J connectivity index is 2.20. The van der Waals surface area contributed by atoms with Crippen molar-refractivity contribution in [2.75, 3.05) is 6.54 Å². The first kappa shape index (κ1) is 10.6. The molecule has 1 unspecified atom stereocenters. The Hall–Kier alpha value is -1.51. The highest BCUT2D eigenvalue weighted by Crippen LogP contribution is 2.21. The first-order valence-electron chi connectivity index (χ1n) is 4.74. The largest absolute Gasteiger partial charge is 0.399 e. The van der Waals surface area contributed by atoms with Crippen molar-refractivity contribution in [3.05, 3.63) is 36.3 Å². The lowest BCUT2D eigenvalue weighted by Gasteiger charge is -1.93. The Bertz CT molecular complexity index is 276. The molecule has 0 aromatic rings. The van der Waals surface area contributed by atoms with Crippen LogP contribution in [0.25, 0.3) is 0 Å². The maximum Gasteiger partial charge on any atom is 0.0495 e. The molecule has 1 fully saturated rings. The molecule has 0 aromatic heterocycles. The van der Waals surface area contributed by atoms with Crippen molar-refractivity contribution in [1.82, 2.24) is 4.90 Å². The van der Waals surface area contributed by atoms with E-state index in [9.17, 15) is 0 Å². The van der Waals surface area contributed by atoms with E-state index < -0.39 is 0 Å². The molecule has 0 aromatic carbocycles. The Kier molecular flexibility index (Phi) is 3.98. The van der Waals surface area contributed by atoms with Gasteiger partial charge in [0.25, 0.3) is 0 Å². The lowest BCUT2D eigenvalue weighted by atomic mass is 10.3. The normalized spacial score (nSPS) is 22.2. The third kappa shape index (κ3) is 3.47. The molecule has 76 valence electrons. The zero-order valence-electron chi connectivity index (χ0n) is 8.56. The van der Waals surface area contributed by atoms with Crippen molar-refractivity contribution >= 4 is 6.72 Å². The molecule has 3 heteroatoms. The van der Waals surface area contributed by atoms with Gasteiger partial charge in [-0.3, -0.25) is 4.99 Å². The molecule has 0 spiro atoms. The van der Waals surface area contributed by atoms with Gasteiger partial charge in [0.2, 0.25) is 0 Å². The van der Waals surface area contributed by atoms with Gasteiger partial charge < -0.3 is 10.6 Å². The predicted octanol–water partition coefficient (Wildman–Crippen LogP) is 1.65. The zero-order valence-corrected chi connectivity index (χ0v) is 8.56. The zero-order chi connectivity index (χ0) is 10.4. The second-order valence-corrected chi connectivity index (χ2v) is 3.26. The third-order valence-corrected chi connectivity index (χ3v) is 2.17. The number of hydrogen-bond acceptors (Lipinski definition) is 3. The van der Waals surface area contributed by atoms with Crippen molar-refractivity contribution in [3.8, 4) is 0 Å². The molecule has 0 bridgehead atoms. The maximum absolute atomic E-state index is 5.62. The summed E-state index contributed by atoms with van der Waals surface area (Å²) >= 11 is 0. The fourth-order valence-electron chi connectivity index (χ4n) is 1.18. The third-order valence-electron chi connectivity index (χ3n) is 2.17. The van der Waals surface area contributed by atoms with Gasteiger partial charge in [0.05, 0.1) is 0 Å². The molecule has 0 radical (unpaired) electrons. The summed E-state index contributed by atoms with van der Waals surface area (Å²) in [5.74, 6) is 0. The molecule has 0 amide bonds. The second kappa shape index (κ2) is 5.27. The molecule has 14 heavy (non-hydrogen) atoms. The van der Waals surface area contributed by atoms with Crippen molar-refractivity contribution in [2.24, 2.45) is 10.7 Å². The topological polar surface area (TPSA) is 41.4 Å². The van der Waals surface area contributed by atoms with Gasteiger partial charge in [-0.1, -0.05) is 12.2 Å². The van der Waals surface area contributed by atoms with Crippen LogP contribution in [0, 0.1) is 0 Å². The van der Waals surface area contributed by atoms with Crippen molar-refractivity contribution in [2.45, 2.75) is 19.4 Å². The van der Waals surface area contributed by atoms with Crippen molar-refractivity contribution in [1.29, 1.82) is 0 Å². The van der Waals surface area contributed by atoms with Crippen LogP contribution in [-0.4, -0.2) is 24.2 Å². The molecule has 0 aliphatic carbocycles. The standard InChI is InChI=1S/C11H17N3/c1-3-10(12)5-4-6-11-9-14(11)8-7-13-2/h3-5,7-8,11H,2,6,9,12H2,1H3/b5-4-,8-7-,10-3+. The molecular formula is C11H17N3. The average molecular weight is 191 g/mol. The number of allylic oxidation sites excluding steroid dienone is 2. The summed E-state index contributed by atoms with van der Waals surface area (Å²) in [4.78, 5) is 5.87. The van der Waals surface area contributed by atoms with E-state index in [1.165, 1.54) is 0 Å². The summed E-state index contributed by atoms with van der Waals surface area (Å²) in [6, 6.07) is 0.619. The minimum absolute atomic E-state index is 0.619. The Morgan fingerprint density at radius 1 is 1.71 bits per heavy atom. The van der Waals surface area contributed by atoms with Crippen LogP contribution < -0.4 is 5.73 Å². The van der Waals surface area contributed by atoms with Gasteiger partial charge in [-0.05, 0) is 26.1 Å². The van der Waals surface area contributed by atoms with Crippen molar-refractivity contribution < 1.29 is 0 Å². The van der Waals surface area contributed by atoms with Gasteiger partial charge in [0, 0.05) is 30.7 Å². The van der Waals surface area contributed by atoms with E-state index in [0.717, 1.165) is 18.7 Å². The van der Waals surface area contributed by atoms with Gasteiger partial charge in [-0.15, -0.1) is 0 Å². The van der Waals surface area contributed by atoms with Crippen LogP contribution in [0.15, 0.2) is 41.3 Å². The summed E-state index contributed by atoms with van der Waals surface area (Å²) in [5.41, 5.74) is 6.44. The minimum atomic E-state index is 0.619. The van der Waals surface area contributed by atoms with E-state index in [0.29, 0.717) is 6.04 Å². The molecule has 1 heterocycles. The van der Waals surface area contributed by atoms with Crippen LogP contribution in [-0.2, 0) is 0 Å². The second-order valence-electron chi connectivity index (χ2n) is 3.26. The smallest absolute Gasteiger partial charge is 0.0495 e. The predicted molar refractivity (Wildman–Crippen MR) is 60.9 cm³/mol. The average Bonchev–Trinajstić information content (AvgIpc) is 2.93. The van der Waals surface area contributed by atoms with E-state index in [2.05, 4.69) is 22.7 Å². The van der Waals surface area contributed by atoms with E-state index in [-0.39, 0.29) is 0 Å². The SMILES string of the molecule is C=N/C=C\N1CC1C/C=C\C(N)=C/C. The van der Waals surface area contributed by atoms with Crippen LogP contribution in [0.3, 0.4) is 0 Å². The number of nitrogens with zero attached hydrogens (tertiary/aromatic N) is 2. The highest BCUT2D eigenvalue weighted by molar-refractivity contribution is 5.25. The number of hydrogen-bond donors (Lipinski definition) is 1. The number of aliphatic imine (C=N–C) groups is 1. The Labute approximate surface area is 85.3 Å². The summed E-state index contributed by atoms with van der Waals surface area (Å²) in [6.45, 7) is 6.42. The van der Waals surface area contributed by atoms with Crippen LogP contribution >= 0.6 is 0 Å². The van der Waals surface area contributed by atoms with Gasteiger partial charge in [-0.25, -0.2) is 0 Å². The van der Waals surface area contributed by atoms with E-state index in [1.54, 1.807) is 6.20 Å². The highest BCUT2D eigenvalue weighted by atomic mass is 15.3. The fraction of sp³-hybridized carbons (Fsp3) is 0.364. The maximum atomic E-state index is 5.62. The van der Waals surface area contributed by atoms with Gasteiger partial charge in [0.1, 0.15) is 0 Å². The summed E-state index contributed by atoms with van der Waals surface area (Å²) in [5, 5.41) is 0. The minimum Gasteiger partial charge on any atom is -0.399 e. The molecule has 1 saturated heterocycles.